The Bertz CT molecular complexity index is 1090. The first-order valence-corrected chi connectivity index (χ1v) is 10.2. The van der Waals surface area contributed by atoms with E-state index in [1.165, 1.54) is 0 Å². The molecule has 0 saturated carbocycles. The first-order valence-electron chi connectivity index (χ1n) is 9.82. The van der Waals surface area contributed by atoms with Crippen molar-refractivity contribution >= 4 is 17.6 Å². The van der Waals surface area contributed by atoms with Gasteiger partial charge in [-0.2, -0.15) is 39.5 Å². The average molecular weight is 517 g/mol. The summed E-state index contributed by atoms with van der Waals surface area (Å²) in [5, 5.41) is 2.33. The summed E-state index contributed by atoms with van der Waals surface area (Å²) < 4.78 is 119. The number of hydrogen-bond acceptors (Lipinski definition) is 1. The van der Waals surface area contributed by atoms with Gasteiger partial charge in [-0.05, 0) is 60.4 Å². The zero-order valence-electron chi connectivity index (χ0n) is 16.7. The fourth-order valence-electron chi connectivity index (χ4n) is 4.51. The number of halogens is 10. The highest BCUT2D eigenvalue weighted by Gasteiger charge is 2.50. The zero-order chi connectivity index (χ0) is 25.2. The first-order chi connectivity index (χ1) is 15.6. The largest absolute Gasteiger partial charge is 0.416 e. The number of carbonyl (C=O) groups excluding carboxylic acids is 1. The van der Waals surface area contributed by atoms with Crippen molar-refractivity contribution in [2.45, 2.75) is 49.5 Å². The smallest absolute Gasteiger partial charge is 0.329 e. The predicted octanol–water partition coefficient (Wildman–Crippen LogP) is 7.37. The fraction of sp³-hybridized carbons (Fsp3) is 0.381. The van der Waals surface area contributed by atoms with E-state index in [-0.39, 0.29) is 29.5 Å². The molecule has 184 valence electrons. The zero-order valence-corrected chi connectivity index (χ0v) is 17.5. The van der Waals surface area contributed by atoms with Crippen molar-refractivity contribution in [3.8, 4) is 0 Å². The molecule has 0 aliphatic carbocycles. The van der Waals surface area contributed by atoms with Crippen LogP contribution in [0.1, 0.15) is 52.7 Å². The van der Waals surface area contributed by atoms with Crippen LogP contribution in [0.3, 0.4) is 0 Å². The third kappa shape index (κ3) is 4.39. The van der Waals surface area contributed by atoms with Crippen LogP contribution < -0.4 is 5.32 Å². The highest BCUT2D eigenvalue weighted by atomic mass is 35.5. The highest BCUT2D eigenvalue weighted by Crippen LogP contribution is 2.48. The normalized spacial score (nSPS) is 23.3. The van der Waals surface area contributed by atoms with Gasteiger partial charge in [-0.25, -0.2) is 4.79 Å². The Morgan fingerprint density at radius 2 is 1.35 bits per heavy atom. The van der Waals surface area contributed by atoms with E-state index in [0.717, 1.165) is 23.1 Å². The SMILES string of the molecule is O=C1N[C@H](c2cc(C(F)(F)F)cc(C(F)(F)F)c2)[C@@H]2CC[C@@H](c3cc(C(F)(F)F)ccc3Cl)N12. The summed E-state index contributed by atoms with van der Waals surface area (Å²) in [5.74, 6) is 0. The summed E-state index contributed by atoms with van der Waals surface area (Å²) in [6, 6.07) is -0.219. The van der Waals surface area contributed by atoms with Crippen LogP contribution in [0.2, 0.25) is 5.02 Å². The van der Waals surface area contributed by atoms with Crippen molar-refractivity contribution in [1.29, 1.82) is 0 Å². The molecule has 0 spiro atoms. The topological polar surface area (TPSA) is 32.3 Å². The molecule has 3 nitrogen and oxygen atoms in total. The van der Waals surface area contributed by atoms with Gasteiger partial charge >= 0.3 is 24.6 Å². The number of carbonyl (C=O) groups is 1. The molecule has 0 aromatic heterocycles. The van der Waals surface area contributed by atoms with Crippen molar-refractivity contribution in [2.24, 2.45) is 0 Å². The Labute approximate surface area is 191 Å². The molecule has 2 aliphatic heterocycles. The fourth-order valence-corrected chi connectivity index (χ4v) is 4.75. The summed E-state index contributed by atoms with van der Waals surface area (Å²) in [7, 11) is 0. The quantitative estimate of drug-likeness (QED) is 0.415. The van der Waals surface area contributed by atoms with E-state index in [1.807, 2.05) is 0 Å². The molecule has 13 heteroatoms. The van der Waals surface area contributed by atoms with Crippen LogP contribution in [0.4, 0.5) is 44.3 Å². The minimum Gasteiger partial charge on any atom is -0.329 e. The van der Waals surface area contributed by atoms with Gasteiger partial charge in [-0.15, -0.1) is 0 Å². The van der Waals surface area contributed by atoms with Gasteiger partial charge in [0.25, 0.3) is 0 Å². The predicted molar refractivity (Wildman–Crippen MR) is 102 cm³/mol. The average Bonchev–Trinajstić information content (AvgIpc) is 3.27. The van der Waals surface area contributed by atoms with Gasteiger partial charge in [0.15, 0.2) is 0 Å². The molecule has 2 aromatic rings. The number of benzene rings is 2. The maximum absolute atomic E-state index is 13.3. The number of urea groups is 1. The summed E-state index contributed by atoms with van der Waals surface area (Å²) in [6.07, 6.45) is -14.6. The van der Waals surface area contributed by atoms with Crippen LogP contribution in [0.15, 0.2) is 36.4 Å². The van der Waals surface area contributed by atoms with Crippen LogP contribution in [-0.4, -0.2) is 17.0 Å². The lowest BCUT2D eigenvalue weighted by Gasteiger charge is -2.26. The lowest BCUT2D eigenvalue weighted by atomic mass is 9.94. The maximum Gasteiger partial charge on any atom is 0.416 e. The highest BCUT2D eigenvalue weighted by molar-refractivity contribution is 6.31. The minimum absolute atomic E-state index is 0.00480. The van der Waals surface area contributed by atoms with Gasteiger partial charge in [0.05, 0.1) is 34.8 Å². The molecule has 4 rings (SSSR count). The molecular weight excluding hydrogens is 503 g/mol. The third-order valence-corrected chi connectivity index (χ3v) is 6.32. The number of fused-ring (bicyclic) bond motifs is 1. The van der Waals surface area contributed by atoms with Gasteiger partial charge in [-0.1, -0.05) is 11.6 Å². The monoisotopic (exact) mass is 516 g/mol. The molecule has 2 saturated heterocycles. The molecule has 0 bridgehead atoms. The number of alkyl halides is 9. The van der Waals surface area contributed by atoms with E-state index in [0.29, 0.717) is 12.1 Å². The lowest BCUT2D eigenvalue weighted by Crippen LogP contribution is -2.32. The second-order valence-electron chi connectivity index (χ2n) is 8.07. The standard InChI is InChI=1S/C21H14ClF9N2O/c22-14-2-1-10(19(23,24)25)8-13(14)15-3-4-16-17(32-18(34)33(15)16)9-5-11(20(26,27)28)7-12(6-9)21(29,30)31/h1-2,5-8,15-17H,3-4H2,(H,32,34)/t15-,16-,17+/m0/s1. The van der Waals surface area contributed by atoms with Gasteiger partial charge in [0.2, 0.25) is 0 Å². The van der Waals surface area contributed by atoms with Gasteiger partial charge in [0, 0.05) is 5.02 Å². The Hall–Kier alpha value is -2.63. The Balaban J connectivity index is 1.73. The maximum atomic E-state index is 13.3. The van der Waals surface area contributed by atoms with Gasteiger partial charge < -0.3 is 10.2 Å². The van der Waals surface area contributed by atoms with Crippen molar-refractivity contribution < 1.29 is 44.3 Å². The number of hydrogen-bond donors (Lipinski definition) is 1. The summed E-state index contributed by atoms with van der Waals surface area (Å²) >= 11 is 6.08. The van der Waals surface area contributed by atoms with E-state index in [4.69, 9.17) is 11.6 Å². The van der Waals surface area contributed by atoms with Crippen LogP contribution in [-0.2, 0) is 18.5 Å². The number of nitrogens with one attached hydrogen (secondary N) is 1. The van der Waals surface area contributed by atoms with Crippen LogP contribution >= 0.6 is 11.6 Å². The Morgan fingerprint density at radius 1 is 0.794 bits per heavy atom. The Kier molecular flexibility index (Phi) is 5.73. The molecule has 2 aromatic carbocycles. The molecule has 2 aliphatic rings. The molecule has 2 fully saturated rings. The summed E-state index contributed by atoms with van der Waals surface area (Å²) in [5.41, 5.74) is -4.46. The van der Waals surface area contributed by atoms with Crippen molar-refractivity contribution in [3.63, 3.8) is 0 Å². The van der Waals surface area contributed by atoms with E-state index >= 15 is 0 Å². The molecule has 3 atom stereocenters. The number of nitrogens with zero attached hydrogens (tertiary/aromatic N) is 1. The summed E-state index contributed by atoms with van der Waals surface area (Å²) in [6.45, 7) is 0. The molecule has 0 radical (unpaired) electrons. The van der Waals surface area contributed by atoms with Gasteiger partial charge in [-0.3, -0.25) is 0 Å². The van der Waals surface area contributed by atoms with Crippen molar-refractivity contribution in [1.82, 2.24) is 10.2 Å². The molecule has 34 heavy (non-hydrogen) atoms. The van der Waals surface area contributed by atoms with Crippen LogP contribution in [0.25, 0.3) is 0 Å². The number of amides is 2. The lowest BCUT2D eigenvalue weighted by molar-refractivity contribution is -0.143. The molecule has 1 N–H and O–H groups in total. The molecule has 2 amide bonds. The Morgan fingerprint density at radius 3 is 1.88 bits per heavy atom. The molecule has 0 unspecified atom stereocenters. The minimum atomic E-state index is -5.07. The molecular formula is C21H14ClF9N2O. The third-order valence-electron chi connectivity index (χ3n) is 5.98. The van der Waals surface area contributed by atoms with Crippen LogP contribution in [0.5, 0.6) is 0 Å². The van der Waals surface area contributed by atoms with E-state index < -0.39 is 64.9 Å². The van der Waals surface area contributed by atoms with E-state index in [2.05, 4.69) is 5.32 Å². The number of rotatable bonds is 2. The van der Waals surface area contributed by atoms with E-state index in [1.54, 1.807) is 0 Å². The molecule has 2 heterocycles. The van der Waals surface area contributed by atoms with Gasteiger partial charge in [0.1, 0.15) is 0 Å². The van der Waals surface area contributed by atoms with Crippen molar-refractivity contribution in [2.75, 3.05) is 0 Å². The van der Waals surface area contributed by atoms with Crippen molar-refractivity contribution in [3.05, 3.63) is 69.2 Å². The van der Waals surface area contributed by atoms with Crippen LogP contribution in [0, 0.1) is 0 Å². The second kappa shape index (κ2) is 7.96. The first kappa shape index (κ1) is 24.5. The summed E-state index contributed by atoms with van der Waals surface area (Å²) in [4.78, 5) is 13.8. The second-order valence-corrected chi connectivity index (χ2v) is 8.48. The van der Waals surface area contributed by atoms with E-state index in [9.17, 15) is 44.3 Å².